The topological polar surface area (TPSA) is 18.5 Å². The maximum absolute atomic E-state index is 14.7. The molecule has 0 aliphatic heterocycles. The summed E-state index contributed by atoms with van der Waals surface area (Å²) in [7, 11) is 0. The third kappa shape index (κ3) is 4.21. The molecule has 0 aliphatic rings. The van der Waals surface area contributed by atoms with E-state index >= 15 is 0 Å². The summed E-state index contributed by atoms with van der Waals surface area (Å²) in [5.74, 6) is -4.58. The fourth-order valence-corrected chi connectivity index (χ4v) is 2.94. The normalized spacial score (nSPS) is 10.8. The Bertz CT molecular complexity index is 1000. The highest BCUT2D eigenvalue weighted by Gasteiger charge is 2.21. The molecule has 2 nitrogen and oxygen atoms in total. The molecule has 0 N–H and O–H groups in total. The van der Waals surface area contributed by atoms with E-state index in [9.17, 15) is 17.6 Å². The van der Waals surface area contributed by atoms with Gasteiger partial charge in [-0.15, -0.1) is 0 Å². The van der Waals surface area contributed by atoms with Gasteiger partial charge in [-0.1, -0.05) is 31.2 Å². The van der Waals surface area contributed by atoms with Crippen molar-refractivity contribution in [1.82, 2.24) is 0 Å². The van der Waals surface area contributed by atoms with E-state index in [4.69, 9.17) is 9.47 Å². The molecule has 0 amide bonds. The second-order valence-corrected chi connectivity index (χ2v) is 6.33. The second-order valence-electron chi connectivity index (χ2n) is 6.33. The summed E-state index contributed by atoms with van der Waals surface area (Å²) in [5, 5.41) is 0. The lowest BCUT2D eigenvalue weighted by Crippen LogP contribution is -2.01. The molecule has 29 heavy (non-hydrogen) atoms. The first-order valence-electron chi connectivity index (χ1n) is 9.30. The number of hydrogen-bond donors (Lipinski definition) is 0. The van der Waals surface area contributed by atoms with Gasteiger partial charge in [0.15, 0.2) is 23.2 Å². The molecule has 0 fully saturated rings. The van der Waals surface area contributed by atoms with Crippen LogP contribution in [0.1, 0.15) is 20.3 Å². The SMILES string of the molecule is CCCOc1ccc(-c2ccc(-c3ccc(OCC)c(F)c3F)c(F)c2F)cc1. The quantitative estimate of drug-likeness (QED) is 0.405. The van der Waals surface area contributed by atoms with E-state index < -0.39 is 23.3 Å². The molecule has 0 heterocycles. The van der Waals surface area contributed by atoms with E-state index in [-0.39, 0.29) is 29.0 Å². The summed E-state index contributed by atoms with van der Waals surface area (Å²) in [6.45, 7) is 4.31. The molecule has 152 valence electrons. The lowest BCUT2D eigenvalue weighted by atomic mass is 9.98. The van der Waals surface area contributed by atoms with Gasteiger partial charge in [0.2, 0.25) is 5.82 Å². The summed E-state index contributed by atoms with van der Waals surface area (Å²) in [6.07, 6.45) is 0.853. The highest BCUT2D eigenvalue weighted by molar-refractivity contribution is 5.72. The van der Waals surface area contributed by atoms with Crippen LogP contribution in [0.5, 0.6) is 11.5 Å². The van der Waals surface area contributed by atoms with Crippen molar-refractivity contribution in [3.8, 4) is 33.8 Å². The van der Waals surface area contributed by atoms with Crippen LogP contribution in [0.15, 0.2) is 48.5 Å². The van der Waals surface area contributed by atoms with Crippen LogP contribution in [0.2, 0.25) is 0 Å². The van der Waals surface area contributed by atoms with Crippen LogP contribution >= 0.6 is 0 Å². The molecule has 0 aromatic heterocycles. The summed E-state index contributed by atoms with van der Waals surface area (Å²) >= 11 is 0. The number of ether oxygens (including phenoxy) is 2. The van der Waals surface area contributed by atoms with Crippen molar-refractivity contribution in [2.24, 2.45) is 0 Å². The van der Waals surface area contributed by atoms with E-state index in [0.29, 0.717) is 17.9 Å². The Morgan fingerprint density at radius 2 is 1.17 bits per heavy atom. The van der Waals surface area contributed by atoms with Crippen LogP contribution in [0.3, 0.4) is 0 Å². The summed E-state index contributed by atoms with van der Waals surface area (Å²) < 4.78 is 68.4. The summed E-state index contributed by atoms with van der Waals surface area (Å²) in [5.41, 5.74) is -0.291. The molecule has 3 aromatic rings. The van der Waals surface area contributed by atoms with Gasteiger partial charge in [-0.25, -0.2) is 13.2 Å². The fraction of sp³-hybridized carbons (Fsp3) is 0.217. The van der Waals surface area contributed by atoms with Crippen molar-refractivity contribution in [2.75, 3.05) is 13.2 Å². The Kier molecular flexibility index (Phi) is 6.42. The molecule has 0 unspecified atom stereocenters. The molecule has 0 spiro atoms. The number of benzene rings is 3. The van der Waals surface area contributed by atoms with Crippen molar-refractivity contribution in [1.29, 1.82) is 0 Å². The van der Waals surface area contributed by atoms with E-state index in [2.05, 4.69) is 0 Å². The Balaban J connectivity index is 1.97. The van der Waals surface area contributed by atoms with Crippen LogP contribution in [0.25, 0.3) is 22.3 Å². The van der Waals surface area contributed by atoms with Crippen LogP contribution in [-0.2, 0) is 0 Å². The van der Waals surface area contributed by atoms with Crippen LogP contribution < -0.4 is 9.47 Å². The maximum Gasteiger partial charge on any atom is 0.201 e. The first-order chi connectivity index (χ1) is 14.0. The van der Waals surface area contributed by atoms with Gasteiger partial charge in [-0.05, 0) is 43.2 Å². The average molecular weight is 404 g/mol. The van der Waals surface area contributed by atoms with Crippen molar-refractivity contribution >= 4 is 0 Å². The summed E-state index contributed by atoms with van der Waals surface area (Å²) in [4.78, 5) is 0. The van der Waals surface area contributed by atoms with Gasteiger partial charge in [0.25, 0.3) is 0 Å². The minimum Gasteiger partial charge on any atom is -0.494 e. The Labute approximate surface area is 166 Å². The molecule has 0 atom stereocenters. The van der Waals surface area contributed by atoms with E-state index in [1.54, 1.807) is 31.2 Å². The fourth-order valence-electron chi connectivity index (χ4n) is 2.94. The zero-order valence-corrected chi connectivity index (χ0v) is 16.1. The van der Waals surface area contributed by atoms with Gasteiger partial charge in [0.05, 0.1) is 13.2 Å². The van der Waals surface area contributed by atoms with Gasteiger partial charge in [-0.2, -0.15) is 4.39 Å². The highest BCUT2D eigenvalue weighted by atomic mass is 19.2. The second kappa shape index (κ2) is 8.99. The number of hydrogen-bond acceptors (Lipinski definition) is 2. The van der Waals surface area contributed by atoms with Crippen molar-refractivity contribution < 1.29 is 27.0 Å². The molecular weight excluding hydrogens is 384 g/mol. The van der Waals surface area contributed by atoms with E-state index in [1.165, 1.54) is 24.3 Å². The zero-order chi connectivity index (χ0) is 21.0. The molecule has 3 aromatic carbocycles. The number of halogens is 4. The lowest BCUT2D eigenvalue weighted by Gasteiger charge is -2.12. The first kappa shape index (κ1) is 20.7. The Hall–Kier alpha value is -3.02. The molecular formula is C23H20F4O2. The van der Waals surface area contributed by atoms with Gasteiger partial charge < -0.3 is 9.47 Å². The minimum atomic E-state index is -1.29. The van der Waals surface area contributed by atoms with E-state index in [1.807, 2.05) is 6.92 Å². The van der Waals surface area contributed by atoms with Crippen molar-refractivity contribution in [3.63, 3.8) is 0 Å². The summed E-state index contributed by atoms with van der Waals surface area (Å²) in [6, 6.07) is 11.5. The highest BCUT2D eigenvalue weighted by Crippen LogP contribution is 2.35. The monoisotopic (exact) mass is 404 g/mol. The molecule has 6 heteroatoms. The third-order valence-corrected chi connectivity index (χ3v) is 4.36. The van der Waals surface area contributed by atoms with Crippen molar-refractivity contribution in [2.45, 2.75) is 20.3 Å². The van der Waals surface area contributed by atoms with Crippen LogP contribution in [0, 0.1) is 23.3 Å². The Morgan fingerprint density at radius 3 is 1.79 bits per heavy atom. The molecule has 0 bridgehead atoms. The Morgan fingerprint density at radius 1 is 0.621 bits per heavy atom. The molecule has 3 rings (SSSR count). The number of rotatable bonds is 7. The molecule has 0 aliphatic carbocycles. The van der Waals surface area contributed by atoms with Crippen LogP contribution in [0.4, 0.5) is 17.6 Å². The molecule has 0 saturated heterocycles. The van der Waals surface area contributed by atoms with Gasteiger partial charge in [0, 0.05) is 16.7 Å². The largest absolute Gasteiger partial charge is 0.494 e. The van der Waals surface area contributed by atoms with Gasteiger partial charge in [-0.3, -0.25) is 0 Å². The predicted octanol–water partition coefficient (Wildman–Crippen LogP) is 6.76. The van der Waals surface area contributed by atoms with Crippen LogP contribution in [-0.4, -0.2) is 13.2 Å². The first-order valence-corrected chi connectivity index (χ1v) is 9.30. The maximum atomic E-state index is 14.7. The van der Waals surface area contributed by atoms with Crippen molar-refractivity contribution in [3.05, 3.63) is 71.8 Å². The van der Waals surface area contributed by atoms with Gasteiger partial charge in [0.1, 0.15) is 5.75 Å². The predicted molar refractivity (Wildman–Crippen MR) is 104 cm³/mol. The van der Waals surface area contributed by atoms with Gasteiger partial charge >= 0.3 is 0 Å². The molecule has 0 saturated carbocycles. The standard InChI is InChI=1S/C23H20F4O2/c1-3-13-29-15-7-5-14(6-8-15)16-9-10-17(21(25)20(16)24)18-11-12-19(28-4-2)23(27)22(18)26/h5-12H,3-4,13H2,1-2H3. The average Bonchev–Trinajstić information content (AvgIpc) is 2.73. The third-order valence-electron chi connectivity index (χ3n) is 4.36. The smallest absolute Gasteiger partial charge is 0.201 e. The lowest BCUT2D eigenvalue weighted by molar-refractivity contribution is 0.314. The zero-order valence-electron chi connectivity index (χ0n) is 16.1. The van der Waals surface area contributed by atoms with E-state index in [0.717, 1.165) is 6.42 Å². The minimum absolute atomic E-state index is 0.0140. The molecule has 0 radical (unpaired) electrons.